The quantitative estimate of drug-likeness (QED) is 0.778. The lowest BCUT2D eigenvalue weighted by atomic mass is 9.76. The molecule has 1 heterocycles. The van der Waals surface area contributed by atoms with Gasteiger partial charge in [0.25, 0.3) is 0 Å². The van der Waals surface area contributed by atoms with Gasteiger partial charge >= 0.3 is 0 Å². The van der Waals surface area contributed by atoms with E-state index in [-0.39, 0.29) is 5.41 Å². The highest BCUT2D eigenvalue weighted by Crippen LogP contribution is 2.46. The van der Waals surface area contributed by atoms with Crippen LogP contribution >= 0.6 is 11.6 Å². The van der Waals surface area contributed by atoms with Crippen LogP contribution in [0.1, 0.15) is 36.8 Å². The molecule has 1 saturated carbocycles. The Morgan fingerprint density at radius 1 is 1.04 bits per heavy atom. The highest BCUT2D eigenvalue weighted by molar-refractivity contribution is 6.30. The van der Waals surface area contributed by atoms with E-state index in [2.05, 4.69) is 35.6 Å². The van der Waals surface area contributed by atoms with Crippen molar-refractivity contribution in [1.82, 2.24) is 0 Å². The average molecular weight is 325 g/mol. The van der Waals surface area contributed by atoms with Crippen molar-refractivity contribution >= 4 is 23.1 Å². The fourth-order valence-electron chi connectivity index (χ4n) is 3.98. The molecule has 1 N–H and O–H groups in total. The number of nitrogens with zero attached hydrogens (tertiary/aromatic N) is 1. The van der Waals surface area contributed by atoms with Crippen LogP contribution in [0.5, 0.6) is 0 Å². The molecule has 0 radical (unpaired) electrons. The van der Waals surface area contributed by atoms with Crippen molar-refractivity contribution in [3.8, 4) is 0 Å². The van der Waals surface area contributed by atoms with Crippen LogP contribution in [0.25, 0.3) is 0 Å². The number of aliphatic imine (C=N–C) groups is 1. The van der Waals surface area contributed by atoms with E-state index < -0.39 is 0 Å². The summed E-state index contributed by atoms with van der Waals surface area (Å²) in [5.74, 6) is 1.17. The van der Waals surface area contributed by atoms with Gasteiger partial charge in [0.2, 0.25) is 0 Å². The van der Waals surface area contributed by atoms with E-state index in [0.29, 0.717) is 6.54 Å². The van der Waals surface area contributed by atoms with E-state index in [1.165, 1.54) is 48.3 Å². The van der Waals surface area contributed by atoms with Crippen LogP contribution in [0.4, 0.5) is 5.69 Å². The third-order valence-electron chi connectivity index (χ3n) is 5.17. The number of para-hydroxylation sites is 1. The number of rotatable bonds is 2. The Bertz CT molecular complexity index is 745. The Balaban J connectivity index is 1.66. The first-order valence-corrected chi connectivity index (χ1v) is 8.77. The predicted octanol–water partition coefficient (Wildman–Crippen LogP) is 5.47. The summed E-state index contributed by atoms with van der Waals surface area (Å²) >= 11 is 6.09. The molecule has 3 heteroatoms. The number of amidine groups is 1. The van der Waals surface area contributed by atoms with Gasteiger partial charge in [-0.2, -0.15) is 0 Å². The Morgan fingerprint density at radius 2 is 1.87 bits per heavy atom. The summed E-state index contributed by atoms with van der Waals surface area (Å²) in [6, 6.07) is 16.6. The van der Waals surface area contributed by atoms with Crippen LogP contribution in [0.2, 0.25) is 5.02 Å². The number of halogens is 1. The van der Waals surface area contributed by atoms with E-state index in [4.69, 9.17) is 16.6 Å². The van der Waals surface area contributed by atoms with E-state index in [1.807, 2.05) is 18.2 Å². The summed E-state index contributed by atoms with van der Waals surface area (Å²) in [6.07, 6.45) is 6.20. The maximum atomic E-state index is 6.09. The molecule has 0 saturated heterocycles. The zero-order valence-corrected chi connectivity index (χ0v) is 13.9. The Labute approximate surface area is 142 Å². The van der Waals surface area contributed by atoms with Crippen LogP contribution in [-0.4, -0.2) is 5.84 Å². The lowest BCUT2D eigenvalue weighted by Crippen LogP contribution is -2.40. The second-order valence-electron chi connectivity index (χ2n) is 6.74. The van der Waals surface area contributed by atoms with Crippen molar-refractivity contribution < 1.29 is 0 Å². The number of fused-ring (bicyclic) bond motifs is 1. The summed E-state index contributed by atoms with van der Waals surface area (Å²) in [7, 11) is 0. The van der Waals surface area contributed by atoms with Gasteiger partial charge < -0.3 is 5.32 Å². The third kappa shape index (κ3) is 2.88. The lowest BCUT2D eigenvalue weighted by Gasteiger charge is -2.37. The summed E-state index contributed by atoms with van der Waals surface area (Å²) in [4.78, 5) is 4.98. The van der Waals surface area contributed by atoms with Crippen LogP contribution in [0.3, 0.4) is 0 Å². The molecular weight excluding hydrogens is 304 g/mol. The molecular formula is C20H21ClN2. The van der Waals surface area contributed by atoms with E-state index in [0.717, 1.165) is 11.4 Å². The van der Waals surface area contributed by atoms with Crippen molar-refractivity contribution in [2.24, 2.45) is 10.4 Å². The van der Waals surface area contributed by atoms with Crippen LogP contribution in [0, 0.1) is 5.41 Å². The molecule has 1 spiro atoms. The molecule has 1 fully saturated rings. The van der Waals surface area contributed by atoms with Gasteiger partial charge in [-0.05, 0) is 48.6 Å². The predicted molar refractivity (Wildman–Crippen MR) is 97.3 cm³/mol. The van der Waals surface area contributed by atoms with Gasteiger partial charge in [0.1, 0.15) is 5.84 Å². The smallest absolute Gasteiger partial charge is 0.108 e. The topological polar surface area (TPSA) is 24.4 Å². The fourth-order valence-corrected chi connectivity index (χ4v) is 4.20. The minimum absolute atomic E-state index is 0.215. The minimum Gasteiger partial charge on any atom is -0.343 e. The van der Waals surface area contributed by atoms with Crippen LogP contribution < -0.4 is 5.32 Å². The molecule has 0 aromatic heterocycles. The minimum atomic E-state index is 0.215. The summed E-state index contributed by atoms with van der Waals surface area (Å²) < 4.78 is 0. The molecule has 1 aliphatic carbocycles. The molecule has 1 aliphatic heterocycles. The molecule has 118 valence electrons. The largest absolute Gasteiger partial charge is 0.343 e. The molecule has 23 heavy (non-hydrogen) atoms. The second kappa shape index (κ2) is 6.01. The number of nitrogens with one attached hydrogen (secondary N) is 1. The maximum absolute atomic E-state index is 6.09. The van der Waals surface area contributed by atoms with E-state index in [9.17, 15) is 0 Å². The first kappa shape index (κ1) is 14.8. The first-order valence-electron chi connectivity index (χ1n) is 8.40. The Morgan fingerprint density at radius 3 is 2.70 bits per heavy atom. The molecule has 4 rings (SSSR count). The molecule has 2 aromatic carbocycles. The van der Waals surface area contributed by atoms with Gasteiger partial charge in [0.05, 0.1) is 6.54 Å². The molecule has 2 aromatic rings. The first-order chi connectivity index (χ1) is 11.3. The summed E-state index contributed by atoms with van der Waals surface area (Å²) in [5.41, 5.74) is 4.03. The molecule has 2 aliphatic rings. The number of benzene rings is 2. The summed E-state index contributed by atoms with van der Waals surface area (Å²) in [5, 5.41) is 4.41. The van der Waals surface area contributed by atoms with Crippen LogP contribution in [0.15, 0.2) is 53.5 Å². The van der Waals surface area contributed by atoms with Gasteiger partial charge in [-0.1, -0.05) is 54.8 Å². The third-order valence-corrected chi connectivity index (χ3v) is 5.41. The van der Waals surface area contributed by atoms with Crippen molar-refractivity contribution in [3.63, 3.8) is 0 Å². The van der Waals surface area contributed by atoms with Crippen molar-refractivity contribution in [2.45, 2.75) is 38.6 Å². The van der Waals surface area contributed by atoms with Crippen molar-refractivity contribution in [2.75, 3.05) is 5.32 Å². The number of hydrogen-bond donors (Lipinski definition) is 1. The van der Waals surface area contributed by atoms with Gasteiger partial charge in [-0.3, -0.25) is 4.99 Å². The summed E-state index contributed by atoms with van der Waals surface area (Å²) in [6.45, 7) is 0.687. The van der Waals surface area contributed by atoms with Gasteiger partial charge in [-0.15, -0.1) is 0 Å². The van der Waals surface area contributed by atoms with Crippen molar-refractivity contribution in [3.05, 3.63) is 64.7 Å². The SMILES string of the molecule is Clc1cccc(CN=C2Nc3ccccc3CC23CCCC3)c1. The molecule has 2 nitrogen and oxygen atoms in total. The molecule has 0 atom stereocenters. The zero-order valence-electron chi connectivity index (χ0n) is 13.2. The number of hydrogen-bond acceptors (Lipinski definition) is 1. The normalized spacial score (nSPS) is 20.5. The monoisotopic (exact) mass is 324 g/mol. The Hall–Kier alpha value is -1.80. The Kier molecular flexibility index (Phi) is 3.86. The molecule has 0 bridgehead atoms. The fraction of sp³-hybridized carbons (Fsp3) is 0.350. The lowest BCUT2D eigenvalue weighted by molar-refractivity contribution is 0.424. The van der Waals surface area contributed by atoms with Gasteiger partial charge in [0, 0.05) is 16.1 Å². The zero-order chi connectivity index (χ0) is 15.7. The highest BCUT2D eigenvalue weighted by Gasteiger charge is 2.42. The van der Waals surface area contributed by atoms with E-state index in [1.54, 1.807) is 0 Å². The van der Waals surface area contributed by atoms with Crippen LogP contribution in [-0.2, 0) is 13.0 Å². The molecule has 0 unspecified atom stereocenters. The second-order valence-corrected chi connectivity index (χ2v) is 7.18. The van der Waals surface area contributed by atoms with Gasteiger partial charge in [0.15, 0.2) is 0 Å². The van der Waals surface area contributed by atoms with Gasteiger partial charge in [-0.25, -0.2) is 0 Å². The standard InChI is InChI=1S/C20H21ClN2/c21-17-8-5-6-15(12-17)14-22-19-20(10-3-4-11-20)13-16-7-1-2-9-18(16)23-19/h1-2,5-9,12H,3-4,10-11,13-14H2,(H,22,23). The highest BCUT2D eigenvalue weighted by atomic mass is 35.5. The average Bonchev–Trinajstić information content (AvgIpc) is 3.02. The molecule has 0 amide bonds. The van der Waals surface area contributed by atoms with Crippen molar-refractivity contribution in [1.29, 1.82) is 0 Å². The van der Waals surface area contributed by atoms with E-state index >= 15 is 0 Å². The maximum Gasteiger partial charge on any atom is 0.108 e. The number of anilines is 1.